The molecule has 0 aliphatic heterocycles. The third kappa shape index (κ3) is 4.83. The van der Waals surface area contributed by atoms with Gasteiger partial charge in [0.05, 0.1) is 12.5 Å². The number of carbonyl (C=O) groups is 2. The molecule has 4 heteroatoms. The van der Waals surface area contributed by atoms with Gasteiger partial charge >= 0.3 is 5.97 Å². The highest BCUT2D eigenvalue weighted by molar-refractivity contribution is 5.77. The molecule has 2 atom stereocenters. The summed E-state index contributed by atoms with van der Waals surface area (Å²) in [6, 6.07) is 9.82. The number of hydrogen-bond acceptors (Lipinski definition) is 3. The lowest BCUT2D eigenvalue weighted by molar-refractivity contribution is -0.142. The summed E-state index contributed by atoms with van der Waals surface area (Å²) in [5, 5.41) is 9.01. The largest absolute Gasteiger partial charge is 0.481 e. The molecule has 0 aromatic heterocycles. The van der Waals surface area contributed by atoms with E-state index in [0.717, 1.165) is 5.56 Å². The highest BCUT2D eigenvalue weighted by Crippen LogP contribution is 2.21. The van der Waals surface area contributed by atoms with Crippen molar-refractivity contribution in [3.63, 3.8) is 0 Å². The molecule has 0 amide bonds. The number of Topliss-reactive ketones (excluding diaryl/α,β-unsaturated/α-hetero) is 1. The first-order valence-electron chi connectivity index (χ1n) is 6.43. The number of carboxylic acids is 1. The van der Waals surface area contributed by atoms with E-state index in [4.69, 9.17) is 5.11 Å². The summed E-state index contributed by atoms with van der Waals surface area (Å²) in [5.41, 5.74) is 1.08. The van der Waals surface area contributed by atoms with Gasteiger partial charge in [0.2, 0.25) is 0 Å². The lowest BCUT2D eigenvalue weighted by Gasteiger charge is -2.29. The quantitative estimate of drug-likeness (QED) is 0.820. The van der Waals surface area contributed by atoms with Crippen molar-refractivity contribution in [1.82, 2.24) is 4.90 Å². The lowest BCUT2D eigenvalue weighted by atomic mass is 10.0. The van der Waals surface area contributed by atoms with Gasteiger partial charge < -0.3 is 5.11 Å². The molecule has 0 heterocycles. The molecule has 1 aromatic rings. The van der Waals surface area contributed by atoms with Gasteiger partial charge in [-0.3, -0.25) is 14.5 Å². The Labute approximate surface area is 114 Å². The molecule has 0 fully saturated rings. The summed E-state index contributed by atoms with van der Waals surface area (Å²) < 4.78 is 0. The predicted molar refractivity (Wildman–Crippen MR) is 73.9 cm³/mol. The molecule has 0 spiro atoms. The molecule has 1 aromatic carbocycles. The number of aliphatic carboxylic acids is 1. The second kappa shape index (κ2) is 7.04. The lowest BCUT2D eigenvalue weighted by Crippen LogP contribution is -2.37. The Morgan fingerprint density at radius 1 is 1.21 bits per heavy atom. The molecule has 0 saturated carbocycles. The van der Waals surface area contributed by atoms with Crippen molar-refractivity contribution in [3.05, 3.63) is 35.9 Å². The van der Waals surface area contributed by atoms with Gasteiger partial charge in [-0.25, -0.2) is 0 Å². The molecule has 0 saturated heterocycles. The molecule has 4 nitrogen and oxygen atoms in total. The maximum Gasteiger partial charge on any atom is 0.307 e. The fourth-order valence-corrected chi connectivity index (χ4v) is 2.02. The van der Waals surface area contributed by atoms with Crippen molar-refractivity contribution in [1.29, 1.82) is 0 Å². The van der Waals surface area contributed by atoms with E-state index in [1.54, 1.807) is 6.92 Å². The van der Waals surface area contributed by atoms with Crippen LogP contribution in [0, 0.1) is 5.92 Å². The summed E-state index contributed by atoms with van der Waals surface area (Å²) in [7, 11) is 0. The van der Waals surface area contributed by atoms with E-state index in [9.17, 15) is 9.59 Å². The van der Waals surface area contributed by atoms with Crippen LogP contribution in [0.4, 0.5) is 0 Å². The summed E-state index contributed by atoms with van der Waals surface area (Å²) in [6.45, 7) is 5.81. The zero-order valence-electron chi connectivity index (χ0n) is 11.7. The Bertz CT molecular complexity index is 430. The standard InChI is InChI=1S/C15H21NO3/c1-11(15(18)19)9-16(10-12(2)17)13(3)14-7-5-4-6-8-14/h4-8,11,13H,9-10H2,1-3H3,(H,18,19). The molecule has 104 valence electrons. The van der Waals surface area contributed by atoms with Gasteiger partial charge in [-0.2, -0.15) is 0 Å². The first kappa shape index (κ1) is 15.4. The summed E-state index contributed by atoms with van der Waals surface area (Å²) in [5.74, 6) is -1.29. The first-order valence-corrected chi connectivity index (χ1v) is 6.43. The molecule has 1 N–H and O–H groups in total. The second-order valence-corrected chi connectivity index (χ2v) is 4.96. The average Bonchev–Trinajstić information content (AvgIpc) is 2.37. The molecule has 2 unspecified atom stereocenters. The van der Waals surface area contributed by atoms with Crippen LogP contribution in [0.2, 0.25) is 0 Å². The van der Waals surface area contributed by atoms with E-state index >= 15 is 0 Å². The fourth-order valence-electron chi connectivity index (χ4n) is 2.02. The number of hydrogen-bond donors (Lipinski definition) is 1. The van der Waals surface area contributed by atoms with E-state index in [1.807, 2.05) is 42.2 Å². The van der Waals surface area contributed by atoms with Gasteiger partial charge in [-0.1, -0.05) is 37.3 Å². The summed E-state index contributed by atoms with van der Waals surface area (Å²) >= 11 is 0. The number of rotatable bonds is 7. The van der Waals surface area contributed by atoms with E-state index in [1.165, 1.54) is 6.92 Å². The Morgan fingerprint density at radius 3 is 2.26 bits per heavy atom. The minimum absolute atomic E-state index is 0.0203. The van der Waals surface area contributed by atoms with Crippen LogP contribution in [0.5, 0.6) is 0 Å². The minimum Gasteiger partial charge on any atom is -0.481 e. The van der Waals surface area contributed by atoms with Crippen LogP contribution in [-0.2, 0) is 9.59 Å². The molecule has 1 rings (SSSR count). The number of carboxylic acid groups (broad SMARTS) is 1. The van der Waals surface area contributed by atoms with E-state index < -0.39 is 11.9 Å². The van der Waals surface area contributed by atoms with Crippen molar-refractivity contribution in [2.24, 2.45) is 5.92 Å². The maximum atomic E-state index is 11.4. The summed E-state index contributed by atoms with van der Waals surface area (Å²) in [6.07, 6.45) is 0. The fraction of sp³-hybridized carbons (Fsp3) is 0.467. The van der Waals surface area contributed by atoms with E-state index in [0.29, 0.717) is 6.54 Å². The predicted octanol–water partition coefficient (Wildman–Crippen LogP) is 2.36. The van der Waals surface area contributed by atoms with Crippen LogP contribution in [-0.4, -0.2) is 34.8 Å². The number of benzene rings is 1. The molecule has 0 aliphatic carbocycles. The average molecular weight is 263 g/mol. The first-order chi connectivity index (χ1) is 8.91. The maximum absolute atomic E-state index is 11.4. The topological polar surface area (TPSA) is 57.6 Å². The third-order valence-corrected chi connectivity index (χ3v) is 3.19. The SMILES string of the molecule is CC(=O)CN(CC(C)C(=O)O)C(C)c1ccccc1. The van der Waals surface area contributed by atoms with Crippen molar-refractivity contribution in [3.8, 4) is 0 Å². The van der Waals surface area contributed by atoms with Crippen molar-refractivity contribution in [2.45, 2.75) is 26.8 Å². The number of nitrogens with zero attached hydrogens (tertiary/aromatic N) is 1. The Morgan fingerprint density at radius 2 is 1.79 bits per heavy atom. The zero-order valence-corrected chi connectivity index (χ0v) is 11.7. The smallest absolute Gasteiger partial charge is 0.307 e. The Kier molecular flexibility index (Phi) is 5.70. The highest BCUT2D eigenvalue weighted by atomic mass is 16.4. The van der Waals surface area contributed by atoms with Crippen LogP contribution >= 0.6 is 0 Å². The molecular formula is C15H21NO3. The van der Waals surface area contributed by atoms with Crippen LogP contribution in [0.25, 0.3) is 0 Å². The molecule has 19 heavy (non-hydrogen) atoms. The van der Waals surface area contributed by atoms with Crippen molar-refractivity contribution in [2.75, 3.05) is 13.1 Å². The second-order valence-electron chi connectivity index (χ2n) is 4.96. The van der Waals surface area contributed by atoms with Crippen molar-refractivity contribution >= 4 is 11.8 Å². The van der Waals surface area contributed by atoms with Gasteiger partial charge in [0.25, 0.3) is 0 Å². The number of ketones is 1. The monoisotopic (exact) mass is 263 g/mol. The third-order valence-electron chi connectivity index (χ3n) is 3.19. The van der Waals surface area contributed by atoms with Gasteiger partial charge in [-0.05, 0) is 19.4 Å². The molecular weight excluding hydrogens is 242 g/mol. The van der Waals surface area contributed by atoms with E-state index in [2.05, 4.69) is 0 Å². The highest BCUT2D eigenvalue weighted by Gasteiger charge is 2.22. The van der Waals surface area contributed by atoms with Crippen LogP contribution < -0.4 is 0 Å². The zero-order chi connectivity index (χ0) is 14.4. The number of carbonyl (C=O) groups excluding carboxylic acids is 1. The normalized spacial score (nSPS) is 14.1. The molecule has 0 aliphatic rings. The Hall–Kier alpha value is -1.68. The van der Waals surface area contributed by atoms with Crippen LogP contribution in [0.1, 0.15) is 32.4 Å². The molecule has 0 radical (unpaired) electrons. The molecule has 0 bridgehead atoms. The Balaban J connectivity index is 2.84. The van der Waals surface area contributed by atoms with Gasteiger partial charge in [0.15, 0.2) is 0 Å². The van der Waals surface area contributed by atoms with Crippen LogP contribution in [0.3, 0.4) is 0 Å². The van der Waals surface area contributed by atoms with Crippen LogP contribution in [0.15, 0.2) is 30.3 Å². The van der Waals surface area contributed by atoms with Crippen molar-refractivity contribution < 1.29 is 14.7 Å². The summed E-state index contributed by atoms with van der Waals surface area (Å²) in [4.78, 5) is 24.2. The van der Waals surface area contributed by atoms with Gasteiger partial charge in [0, 0.05) is 12.6 Å². The minimum atomic E-state index is -0.839. The van der Waals surface area contributed by atoms with Gasteiger partial charge in [0.1, 0.15) is 5.78 Å². The van der Waals surface area contributed by atoms with E-state index in [-0.39, 0.29) is 18.4 Å². The van der Waals surface area contributed by atoms with Gasteiger partial charge in [-0.15, -0.1) is 0 Å².